The van der Waals surface area contributed by atoms with Crippen molar-refractivity contribution in [3.05, 3.63) is 40.4 Å². The molecule has 3 heterocycles. The van der Waals surface area contributed by atoms with Gasteiger partial charge in [0.05, 0.1) is 11.0 Å². The normalized spacial score (nSPS) is 15.7. The summed E-state index contributed by atoms with van der Waals surface area (Å²) < 4.78 is 4.05. The topological polar surface area (TPSA) is 65.6 Å². The maximum Gasteiger partial charge on any atom is 0.265 e. The van der Waals surface area contributed by atoms with Crippen LogP contribution in [0, 0.1) is 12.8 Å². The lowest BCUT2D eigenvalue weighted by Gasteiger charge is -2.24. The van der Waals surface area contributed by atoms with Crippen LogP contribution >= 0.6 is 0 Å². The first-order valence-corrected chi connectivity index (χ1v) is 11.2. The van der Waals surface area contributed by atoms with E-state index in [0.29, 0.717) is 29.4 Å². The molecule has 0 amide bonds. The smallest absolute Gasteiger partial charge is 0.265 e. The molecular weight excluding hydrogens is 374 g/mol. The Kier molecular flexibility index (Phi) is 4.80. The van der Waals surface area contributed by atoms with Crippen LogP contribution in [0.3, 0.4) is 0 Å². The average Bonchev–Trinajstić information content (AvgIpc) is 3.05. The summed E-state index contributed by atoms with van der Waals surface area (Å²) in [5, 5.41) is 0.628. The lowest BCUT2D eigenvalue weighted by molar-refractivity contribution is 0.365. The van der Waals surface area contributed by atoms with E-state index < -0.39 is 0 Å². The van der Waals surface area contributed by atoms with E-state index in [9.17, 15) is 4.79 Å². The standard InChI is InChI=1S/C24H29N5O/c1-15(2)13-14-28-16(3)25-22-20(24(28)30)21-23(29(22)17-9-5-4-6-10-17)27-19-12-8-7-11-18(19)26-21/h7-8,11-12,15,17H,4-6,9-10,13-14H2,1-3H3. The molecule has 3 aromatic heterocycles. The highest BCUT2D eigenvalue weighted by atomic mass is 16.1. The fraction of sp³-hybridized carbons (Fsp3) is 0.500. The van der Waals surface area contributed by atoms with Crippen LogP contribution in [0.2, 0.25) is 0 Å². The maximum atomic E-state index is 13.6. The molecule has 0 radical (unpaired) electrons. The first-order valence-electron chi connectivity index (χ1n) is 11.2. The van der Waals surface area contributed by atoms with Gasteiger partial charge < -0.3 is 4.57 Å². The van der Waals surface area contributed by atoms with Gasteiger partial charge in [0.15, 0.2) is 11.3 Å². The van der Waals surface area contributed by atoms with Crippen molar-refractivity contribution < 1.29 is 0 Å². The lowest BCUT2D eigenvalue weighted by atomic mass is 9.95. The van der Waals surface area contributed by atoms with Crippen molar-refractivity contribution in [1.82, 2.24) is 24.1 Å². The van der Waals surface area contributed by atoms with Crippen molar-refractivity contribution in [3.63, 3.8) is 0 Å². The Labute approximate surface area is 176 Å². The summed E-state index contributed by atoms with van der Waals surface area (Å²) in [6, 6.07) is 8.23. The van der Waals surface area contributed by atoms with Crippen LogP contribution in [0.25, 0.3) is 33.2 Å². The van der Waals surface area contributed by atoms with Crippen LogP contribution in [-0.4, -0.2) is 24.1 Å². The van der Waals surface area contributed by atoms with E-state index in [2.05, 4.69) is 18.4 Å². The predicted molar refractivity (Wildman–Crippen MR) is 121 cm³/mol. The molecule has 0 spiro atoms. The maximum absolute atomic E-state index is 13.6. The number of benzene rings is 1. The Balaban J connectivity index is 1.85. The number of nitrogens with zero attached hydrogens (tertiary/aromatic N) is 5. The molecule has 0 aliphatic heterocycles. The van der Waals surface area contributed by atoms with Gasteiger partial charge in [-0.15, -0.1) is 0 Å². The molecule has 0 saturated heterocycles. The van der Waals surface area contributed by atoms with Gasteiger partial charge in [-0.25, -0.2) is 15.0 Å². The zero-order chi connectivity index (χ0) is 20.8. The van der Waals surface area contributed by atoms with Gasteiger partial charge in [-0.1, -0.05) is 45.2 Å². The molecule has 1 aromatic carbocycles. The van der Waals surface area contributed by atoms with E-state index in [1.54, 1.807) is 0 Å². The van der Waals surface area contributed by atoms with Gasteiger partial charge in [-0.3, -0.25) is 9.36 Å². The van der Waals surface area contributed by atoms with Gasteiger partial charge in [0.2, 0.25) is 0 Å². The second-order valence-electron chi connectivity index (χ2n) is 9.04. The second-order valence-corrected chi connectivity index (χ2v) is 9.04. The van der Waals surface area contributed by atoms with Gasteiger partial charge in [0.25, 0.3) is 5.56 Å². The Morgan fingerprint density at radius 1 is 1.00 bits per heavy atom. The molecule has 4 aromatic rings. The van der Waals surface area contributed by atoms with Crippen molar-refractivity contribution in [2.24, 2.45) is 5.92 Å². The Morgan fingerprint density at radius 3 is 2.40 bits per heavy atom. The van der Waals surface area contributed by atoms with Crippen molar-refractivity contribution >= 4 is 33.2 Å². The monoisotopic (exact) mass is 403 g/mol. The van der Waals surface area contributed by atoms with Gasteiger partial charge in [0.1, 0.15) is 16.7 Å². The minimum absolute atomic E-state index is 0.0160. The van der Waals surface area contributed by atoms with Crippen molar-refractivity contribution in [3.8, 4) is 0 Å². The van der Waals surface area contributed by atoms with E-state index >= 15 is 0 Å². The first-order chi connectivity index (χ1) is 14.5. The summed E-state index contributed by atoms with van der Waals surface area (Å²) in [5.74, 6) is 1.30. The first kappa shape index (κ1) is 19.2. The molecule has 0 bridgehead atoms. The summed E-state index contributed by atoms with van der Waals surface area (Å²) in [6.07, 6.45) is 6.84. The van der Waals surface area contributed by atoms with Crippen molar-refractivity contribution in [2.45, 2.75) is 71.9 Å². The quantitative estimate of drug-likeness (QED) is 0.472. The molecule has 6 nitrogen and oxygen atoms in total. The molecule has 0 unspecified atom stereocenters. The fourth-order valence-corrected chi connectivity index (χ4v) is 4.79. The molecule has 6 heteroatoms. The Hall–Kier alpha value is -2.76. The number of hydrogen-bond acceptors (Lipinski definition) is 4. The van der Waals surface area contributed by atoms with Crippen LogP contribution in [0.15, 0.2) is 29.1 Å². The van der Waals surface area contributed by atoms with Gasteiger partial charge in [-0.05, 0) is 44.2 Å². The van der Waals surface area contributed by atoms with Crippen molar-refractivity contribution in [2.75, 3.05) is 0 Å². The molecule has 156 valence electrons. The number of rotatable bonds is 4. The SMILES string of the molecule is Cc1nc2c(c(=O)n1CCC(C)C)c1nc3ccccc3nc1n2C1CCCCC1. The molecule has 1 saturated carbocycles. The third-order valence-electron chi connectivity index (χ3n) is 6.46. The van der Waals surface area contributed by atoms with Gasteiger partial charge in [-0.2, -0.15) is 0 Å². The summed E-state index contributed by atoms with van der Waals surface area (Å²) in [6.45, 7) is 6.99. The third kappa shape index (κ3) is 3.09. The zero-order valence-electron chi connectivity index (χ0n) is 18.1. The number of para-hydroxylation sites is 2. The van der Waals surface area contributed by atoms with Crippen LogP contribution in [0.1, 0.15) is 64.2 Å². The fourth-order valence-electron chi connectivity index (χ4n) is 4.79. The lowest BCUT2D eigenvalue weighted by Crippen LogP contribution is -2.25. The molecule has 5 rings (SSSR count). The molecule has 1 fully saturated rings. The largest absolute Gasteiger partial charge is 0.305 e. The van der Waals surface area contributed by atoms with Crippen LogP contribution < -0.4 is 5.56 Å². The van der Waals surface area contributed by atoms with Gasteiger partial charge in [0, 0.05) is 12.6 Å². The Morgan fingerprint density at radius 2 is 1.70 bits per heavy atom. The number of fused-ring (bicyclic) bond motifs is 4. The van der Waals surface area contributed by atoms with E-state index in [4.69, 9.17) is 15.0 Å². The molecule has 1 aliphatic rings. The van der Waals surface area contributed by atoms with E-state index in [1.807, 2.05) is 35.8 Å². The number of hydrogen-bond donors (Lipinski definition) is 0. The summed E-state index contributed by atoms with van der Waals surface area (Å²) in [7, 11) is 0. The van der Waals surface area contributed by atoms with Crippen molar-refractivity contribution in [1.29, 1.82) is 0 Å². The van der Waals surface area contributed by atoms with Crippen LogP contribution in [0.5, 0.6) is 0 Å². The second kappa shape index (κ2) is 7.49. The minimum atomic E-state index is 0.0160. The molecule has 0 N–H and O–H groups in total. The van der Waals surface area contributed by atoms with Gasteiger partial charge >= 0.3 is 0 Å². The van der Waals surface area contributed by atoms with E-state index in [-0.39, 0.29) is 5.56 Å². The molecule has 1 aliphatic carbocycles. The molecular formula is C24H29N5O. The summed E-state index contributed by atoms with van der Waals surface area (Å²) >= 11 is 0. The predicted octanol–water partition coefficient (Wildman–Crippen LogP) is 5.15. The average molecular weight is 404 g/mol. The third-order valence-corrected chi connectivity index (χ3v) is 6.46. The highest BCUT2D eigenvalue weighted by molar-refractivity contribution is 6.04. The zero-order valence-corrected chi connectivity index (χ0v) is 18.1. The minimum Gasteiger partial charge on any atom is -0.305 e. The van der Waals surface area contributed by atoms with E-state index in [1.165, 1.54) is 19.3 Å². The summed E-state index contributed by atoms with van der Waals surface area (Å²) in [4.78, 5) is 28.5. The number of aryl methyl sites for hydroxylation is 1. The molecule has 0 atom stereocenters. The highest BCUT2D eigenvalue weighted by Gasteiger charge is 2.26. The van der Waals surface area contributed by atoms with Crippen LogP contribution in [0.4, 0.5) is 0 Å². The number of aromatic nitrogens is 5. The highest BCUT2D eigenvalue weighted by Crippen LogP contribution is 2.35. The Bertz CT molecular complexity index is 1290. The molecule has 30 heavy (non-hydrogen) atoms. The summed E-state index contributed by atoms with van der Waals surface area (Å²) in [5.41, 5.74) is 3.96. The van der Waals surface area contributed by atoms with E-state index in [0.717, 1.165) is 47.4 Å². The van der Waals surface area contributed by atoms with Crippen LogP contribution in [-0.2, 0) is 6.54 Å².